The van der Waals surface area contributed by atoms with E-state index in [1.165, 1.54) is 86.3 Å². The van der Waals surface area contributed by atoms with Gasteiger partial charge in [0.25, 0.3) is 0 Å². The second kappa shape index (κ2) is 13.8. The van der Waals surface area contributed by atoms with Gasteiger partial charge in [0.2, 0.25) is 0 Å². The minimum atomic E-state index is 0.518. The molecule has 2 unspecified atom stereocenters. The number of hydrogen-bond donors (Lipinski definition) is 0. The summed E-state index contributed by atoms with van der Waals surface area (Å²) in [5.74, 6) is 0.572. The van der Waals surface area contributed by atoms with Crippen LogP contribution in [0.2, 0.25) is 0 Å². The van der Waals surface area contributed by atoms with Crippen LogP contribution < -0.4 is 4.90 Å². The van der Waals surface area contributed by atoms with E-state index in [0.29, 0.717) is 12.0 Å². The second-order valence-corrected chi connectivity index (χ2v) is 13.3. The molecular formula is C48H41N. The molecular weight excluding hydrogens is 591 g/mol. The van der Waals surface area contributed by atoms with Gasteiger partial charge in [-0.1, -0.05) is 164 Å². The molecule has 1 heteroatoms. The highest BCUT2D eigenvalue weighted by Crippen LogP contribution is 2.52. The molecule has 0 aromatic heterocycles. The Kier molecular flexibility index (Phi) is 8.65. The first-order chi connectivity index (χ1) is 24.2. The van der Waals surface area contributed by atoms with Gasteiger partial charge in [-0.05, 0) is 100 Å². The van der Waals surface area contributed by atoms with Crippen molar-refractivity contribution in [2.75, 3.05) is 4.90 Å². The lowest BCUT2D eigenvalue weighted by Crippen LogP contribution is -2.26. The first-order valence-corrected chi connectivity index (χ1v) is 17.6. The number of benzene rings is 6. The summed E-state index contributed by atoms with van der Waals surface area (Å²) >= 11 is 0. The molecule has 6 aromatic carbocycles. The number of aryl methyl sites for hydroxylation is 1. The first-order valence-electron chi connectivity index (χ1n) is 17.6. The second-order valence-electron chi connectivity index (χ2n) is 13.3. The monoisotopic (exact) mass is 631 g/mol. The first kappa shape index (κ1) is 30.7. The number of rotatable bonds is 8. The zero-order chi connectivity index (χ0) is 33.0. The van der Waals surface area contributed by atoms with Crippen molar-refractivity contribution in [3.05, 3.63) is 214 Å². The standard InChI is InChI=1S/C48H41N/c1-35-23-28-41(29-24-35)43(38-14-5-2-6-15-38)20-11-13-36-25-30-42(31-26-36)49-47-22-12-21-44(47)46-34-37(27-32-48(46)49)33-45(39-16-7-3-8-17-39)40-18-9-4-10-19-40/h2-11,13-20,23-34,44,47H,12,21-22H2,1H3. The molecule has 0 saturated heterocycles. The molecule has 6 aromatic rings. The van der Waals surface area contributed by atoms with Crippen LogP contribution in [0.4, 0.5) is 11.4 Å². The third-order valence-corrected chi connectivity index (χ3v) is 10.2. The lowest BCUT2D eigenvalue weighted by Gasteiger charge is -2.27. The van der Waals surface area contributed by atoms with Crippen LogP contribution in [0, 0.1) is 6.92 Å². The Bertz CT molecular complexity index is 2080. The molecule has 238 valence electrons. The van der Waals surface area contributed by atoms with Crippen LogP contribution in [0.15, 0.2) is 170 Å². The number of allylic oxidation sites excluding steroid dienone is 2. The summed E-state index contributed by atoms with van der Waals surface area (Å²) in [6.07, 6.45) is 12.8. The summed E-state index contributed by atoms with van der Waals surface area (Å²) < 4.78 is 0. The van der Waals surface area contributed by atoms with Crippen molar-refractivity contribution >= 4 is 34.7 Å². The zero-order valence-corrected chi connectivity index (χ0v) is 28.0. The molecule has 1 aliphatic heterocycles. The van der Waals surface area contributed by atoms with Crippen molar-refractivity contribution in [2.24, 2.45) is 0 Å². The maximum atomic E-state index is 2.62. The molecule has 1 fully saturated rings. The fourth-order valence-electron chi connectivity index (χ4n) is 7.75. The van der Waals surface area contributed by atoms with Gasteiger partial charge in [-0.3, -0.25) is 0 Å². The average Bonchev–Trinajstić information content (AvgIpc) is 3.76. The van der Waals surface area contributed by atoms with E-state index >= 15 is 0 Å². The maximum Gasteiger partial charge on any atom is 0.0450 e. The van der Waals surface area contributed by atoms with Gasteiger partial charge < -0.3 is 4.90 Å². The Morgan fingerprint density at radius 2 is 1.14 bits per heavy atom. The molecule has 49 heavy (non-hydrogen) atoms. The molecule has 2 aliphatic rings. The predicted octanol–water partition coefficient (Wildman–Crippen LogP) is 12.5. The third kappa shape index (κ3) is 6.45. The van der Waals surface area contributed by atoms with Crippen molar-refractivity contribution in [3.8, 4) is 0 Å². The normalized spacial score (nSPS) is 16.8. The van der Waals surface area contributed by atoms with Crippen LogP contribution in [0.1, 0.15) is 69.7 Å². The molecule has 1 nitrogen and oxygen atoms in total. The van der Waals surface area contributed by atoms with E-state index < -0.39 is 0 Å². The molecule has 1 heterocycles. The summed E-state index contributed by atoms with van der Waals surface area (Å²) in [5.41, 5.74) is 15.3. The Hall–Kier alpha value is -5.66. The van der Waals surface area contributed by atoms with Gasteiger partial charge in [-0.15, -0.1) is 0 Å². The number of anilines is 2. The van der Waals surface area contributed by atoms with Crippen LogP contribution in [-0.4, -0.2) is 6.04 Å². The molecule has 1 aliphatic carbocycles. The van der Waals surface area contributed by atoms with Gasteiger partial charge in [0.1, 0.15) is 0 Å². The smallest absolute Gasteiger partial charge is 0.0450 e. The molecule has 0 spiro atoms. The van der Waals surface area contributed by atoms with Gasteiger partial charge in [-0.25, -0.2) is 0 Å². The number of fused-ring (bicyclic) bond motifs is 3. The van der Waals surface area contributed by atoms with Crippen molar-refractivity contribution < 1.29 is 0 Å². The average molecular weight is 632 g/mol. The van der Waals surface area contributed by atoms with E-state index in [1.54, 1.807) is 0 Å². The van der Waals surface area contributed by atoms with E-state index in [2.05, 4.69) is 194 Å². The Balaban J connectivity index is 1.08. The lowest BCUT2D eigenvalue weighted by atomic mass is 9.93. The Labute approximate surface area is 291 Å². The van der Waals surface area contributed by atoms with Crippen LogP contribution in [0.5, 0.6) is 0 Å². The number of nitrogens with zero attached hydrogens (tertiary/aromatic N) is 1. The molecule has 0 amide bonds. The van der Waals surface area contributed by atoms with E-state index in [1.807, 2.05) is 0 Å². The zero-order valence-electron chi connectivity index (χ0n) is 28.0. The Morgan fingerprint density at radius 1 is 0.571 bits per heavy atom. The van der Waals surface area contributed by atoms with E-state index in [4.69, 9.17) is 0 Å². The SMILES string of the molecule is Cc1ccc(C(=CC=Cc2ccc(N3c4ccc(C=C(c5ccccc5)c5ccccc5)cc4C4CCCC43)cc2)c2ccccc2)cc1. The van der Waals surface area contributed by atoms with E-state index in [-0.39, 0.29) is 0 Å². The highest BCUT2D eigenvalue weighted by atomic mass is 15.2. The Morgan fingerprint density at radius 3 is 1.78 bits per heavy atom. The predicted molar refractivity (Wildman–Crippen MR) is 209 cm³/mol. The number of hydrogen-bond acceptors (Lipinski definition) is 1. The van der Waals surface area contributed by atoms with Gasteiger partial charge in [0.05, 0.1) is 0 Å². The molecule has 0 radical (unpaired) electrons. The van der Waals surface area contributed by atoms with Crippen LogP contribution in [-0.2, 0) is 0 Å². The largest absolute Gasteiger partial charge is 0.338 e. The minimum Gasteiger partial charge on any atom is -0.338 e. The van der Waals surface area contributed by atoms with Gasteiger partial charge in [0, 0.05) is 23.3 Å². The van der Waals surface area contributed by atoms with Crippen LogP contribution in [0.3, 0.4) is 0 Å². The van der Waals surface area contributed by atoms with Crippen molar-refractivity contribution in [3.63, 3.8) is 0 Å². The molecule has 8 rings (SSSR count). The fraction of sp³-hybridized carbons (Fsp3) is 0.125. The third-order valence-electron chi connectivity index (χ3n) is 10.2. The summed E-state index contributed by atoms with van der Waals surface area (Å²) in [6.45, 7) is 2.14. The highest BCUT2D eigenvalue weighted by molar-refractivity contribution is 5.92. The fourth-order valence-corrected chi connectivity index (χ4v) is 7.75. The van der Waals surface area contributed by atoms with Crippen LogP contribution in [0.25, 0.3) is 23.3 Å². The molecule has 0 bridgehead atoms. The topological polar surface area (TPSA) is 3.24 Å². The molecule has 2 atom stereocenters. The van der Waals surface area contributed by atoms with Crippen molar-refractivity contribution in [2.45, 2.75) is 38.1 Å². The summed E-state index contributed by atoms with van der Waals surface area (Å²) in [4.78, 5) is 2.62. The van der Waals surface area contributed by atoms with Crippen LogP contribution >= 0.6 is 0 Å². The van der Waals surface area contributed by atoms with E-state index in [0.717, 1.165) is 0 Å². The van der Waals surface area contributed by atoms with Gasteiger partial charge >= 0.3 is 0 Å². The minimum absolute atomic E-state index is 0.518. The lowest BCUT2D eigenvalue weighted by molar-refractivity contribution is 0.642. The summed E-state index contributed by atoms with van der Waals surface area (Å²) in [7, 11) is 0. The van der Waals surface area contributed by atoms with Gasteiger partial charge in [-0.2, -0.15) is 0 Å². The highest BCUT2D eigenvalue weighted by Gasteiger charge is 2.42. The van der Waals surface area contributed by atoms with E-state index in [9.17, 15) is 0 Å². The maximum absolute atomic E-state index is 2.62. The molecule has 0 N–H and O–H groups in total. The van der Waals surface area contributed by atoms with Crippen molar-refractivity contribution in [1.29, 1.82) is 0 Å². The van der Waals surface area contributed by atoms with Crippen molar-refractivity contribution in [1.82, 2.24) is 0 Å². The van der Waals surface area contributed by atoms with Gasteiger partial charge in [0.15, 0.2) is 0 Å². The summed E-state index contributed by atoms with van der Waals surface area (Å²) in [6, 6.07) is 57.8. The quantitative estimate of drug-likeness (QED) is 0.119. The molecule has 1 saturated carbocycles. The summed E-state index contributed by atoms with van der Waals surface area (Å²) in [5, 5.41) is 0.